The third kappa shape index (κ3) is 3.58. The van der Waals surface area contributed by atoms with E-state index in [-0.39, 0.29) is 16.8 Å². The number of halogens is 1. The Morgan fingerprint density at radius 3 is 2.60 bits per heavy atom. The van der Waals surface area contributed by atoms with Crippen molar-refractivity contribution in [1.29, 1.82) is 0 Å². The number of ketones is 1. The number of carbonyl (C=O) groups excluding carboxylic acids is 2. The van der Waals surface area contributed by atoms with Crippen molar-refractivity contribution in [2.24, 2.45) is 5.41 Å². The van der Waals surface area contributed by atoms with Crippen molar-refractivity contribution >= 4 is 33.3 Å². The van der Waals surface area contributed by atoms with E-state index in [0.717, 1.165) is 10.0 Å². The number of Topliss-reactive ketones (excluding diaryl/α,β-unsaturated/α-hetero) is 1. The van der Waals surface area contributed by atoms with E-state index in [0.29, 0.717) is 29.8 Å². The summed E-state index contributed by atoms with van der Waals surface area (Å²) in [6.07, 6.45) is 1.01. The maximum absolute atomic E-state index is 12.5. The van der Waals surface area contributed by atoms with Crippen molar-refractivity contribution in [3.05, 3.63) is 61.5 Å². The smallest absolute Gasteiger partial charge is 0.261 e. The van der Waals surface area contributed by atoms with E-state index in [4.69, 9.17) is 0 Å². The number of aryl methyl sites for hydroxylation is 1. The van der Waals surface area contributed by atoms with Crippen molar-refractivity contribution in [3.8, 4) is 0 Å². The van der Waals surface area contributed by atoms with Gasteiger partial charge < -0.3 is 10.3 Å². The Hall–Kier alpha value is -2.21. The second-order valence-corrected chi connectivity index (χ2v) is 8.12. The van der Waals surface area contributed by atoms with Crippen LogP contribution in [0.25, 0.3) is 0 Å². The standard InChI is InChI=1S/C19H19BrN2O3/c1-10-6-11(4-5-14(10)20)21-17(24)13-7-12-15(22-18(13)25)8-19(2,3)9-16(12)23/h4-7H,8-9H2,1-3H3,(H,21,24)(H,22,25). The van der Waals surface area contributed by atoms with Gasteiger partial charge in [0, 0.05) is 27.8 Å². The molecule has 0 radical (unpaired) electrons. The van der Waals surface area contributed by atoms with Crippen molar-refractivity contribution in [2.75, 3.05) is 5.32 Å². The van der Waals surface area contributed by atoms with Crippen LogP contribution in [0.15, 0.2) is 33.5 Å². The lowest BCUT2D eigenvalue weighted by molar-refractivity contribution is 0.0910. The zero-order valence-electron chi connectivity index (χ0n) is 14.3. The highest BCUT2D eigenvalue weighted by Gasteiger charge is 2.32. The number of nitrogens with one attached hydrogen (secondary N) is 2. The molecule has 1 aromatic carbocycles. The molecule has 0 aliphatic heterocycles. The van der Waals surface area contributed by atoms with Crippen LogP contribution in [0.4, 0.5) is 5.69 Å². The summed E-state index contributed by atoms with van der Waals surface area (Å²) >= 11 is 3.40. The first kappa shape index (κ1) is 17.6. The number of carbonyl (C=O) groups is 2. The quantitative estimate of drug-likeness (QED) is 0.800. The van der Waals surface area contributed by atoms with E-state index in [2.05, 4.69) is 26.2 Å². The lowest BCUT2D eigenvalue weighted by Crippen LogP contribution is -2.32. The minimum Gasteiger partial charge on any atom is -0.325 e. The molecular formula is C19H19BrN2O3. The Bertz CT molecular complexity index is 944. The SMILES string of the molecule is Cc1cc(NC(=O)c2cc3c([nH]c2=O)CC(C)(C)CC3=O)ccc1Br. The van der Waals surface area contributed by atoms with Gasteiger partial charge in [-0.1, -0.05) is 29.8 Å². The molecule has 25 heavy (non-hydrogen) atoms. The number of aromatic amines is 1. The molecule has 0 spiro atoms. The van der Waals surface area contributed by atoms with Crippen LogP contribution in [0.5, 0.6) is 0 Å². The number of anilines is 1. The molecule has 0 saturated carbocycles. The van der Waals surface area contributed by atoms with Crippen LogP contribution in [-0.4, -0.2) is 16.7 Å². The van der Waals surface area contributed by atoms with Gasteiger partial charge in [0.1, 0.15) is 5.56 Å². The largest absolute Gasteiger partial charge is 0.325 e. The number of H-pyrrole nitrogens is 1. The van der Waals surface area contributed by atoms with E-state index in [1.807, 2.05) is 32.9 Å². The molecule has 2 N–H and O–H groups in total. The normalized spacial score (nSPS) is 15.6. The number of amides is 1. The summed E-state index contributed by atoms with van der Waals surface area (Å²) < 4.78 is 0.935. The van der Waals surface area contributed by atoms with Gasteiger partial charge in [-0.3, -0.25) is 14.4 Å². The van der Waals surface area contributed by atoms with E-state index in [1.165, 1.54) is 6.07 Å². The topological polar surface area (TPSA) is 79.0 Å². The summed E-state index contributed by atoms with van der Waals surface area (Å²) in [5.41, 5.74) is 1.90. The minimum absolute atomic E-state index is 0.0453. The number of hydrogen-bond acceptors (Lipinski definition) is 3. The molecule has 1 heterocycles. The van der Waals surface area contributed by atoms with Crippen LogP contribution >= 0.6 is 15.9 Å². The summed E-state index contributed by atoms with van der Waals surface area (Å²) in [4.78, 5) is 39.9. The van der Waals surface area contributed by atoms with Crippen molar-refractivity contribution < 1.29 is 9.59 Å². The fourth-order valence-corrected chi connectivity index (χ4v) is 3.36. The number of aromatic nitrogens is 1. The molecule has 1 aliphatic carbocycles. The molecule has 2 aromatic rings. The van der Waals surface area contributed by atoms with Crippen molar-refractivity contribution in [1.82, 2.24) is 4.98 Å². The van der Waals surface area contributed by atoms with Crippen LogP contribution in [-0.2, 0) is 6.42 Å². The maximum atomic E-state index is 12.5. The van der Waals surface area contributed by atoms with Crippen molar-refractivity contribution in [3.63, 3.8) is 0 Å². The molecule has 0 bridgehead atoms. The minimum atomic E-state index is -0.525. The fourth-order valence-electron chi connectivity index (χ4n) is 3.12. The summed E-state index contributed by atoms with van der Waals surface area (Å²) in [5, 5.41) is 2.71. The van der Waals surface area contributed by atoms with E-state index in [1.54, 1.807) is 6.07 Å². The summed E-state index contributed by atoms with van der Waals surface area (Å²) in [5.74, 6) is -0.570. The first-order valence-electron chi connectivity index (χ1n) is 8.03. The predicted octanol–water partition coefficient (Wildman–Crippen LogP) is 3.85. The van der Waals surface area contributed by atoms with E-state index in [9.17, 15) is 14.4 Å². The second-order valence-electron chi connectivity index (χ2n) is 7.26. The zero-order valence-corrected chi connectivity index (χ0v) is 15.9. The first-order chi connectivity index (χ1) is 11.7. The molecule has 0 saturated heterocycles. The molecule has 1 aliphatic rings. The van der Waals surface area contributed by atoms with Gasteiger partial charge in [0.05, 0.1) is 0 Å². The highest BCUT2D eigenvalue weighted by Crippen LogP contribution is 2.33. The van der Waals surface area contributed by atoms with Gasteiger partial charge in [-0.2, -0.15) is 0 Å². The third-order valence-corrected chi connectivity index (χ3v) is 5.27. The Morgan fingerprint density at radius 2 is 1.92 bits per heavy atom. The molecule has 3 rings (SSSR count). The molecule has 1 amide bonds. The number of hydrogen-bond donors (Lipinski definition) is 2. The highest BCUT2D eigenvalue weighted by atomic mass is 79.9. The molecule has 5 nitrogen and oxygen atoms in total. The molecular weight excluding hydrogens is 384 g/mol. The van der Waals surface area contributed by atoms with Crippen LogP contribution in [0.1, 0.15) is 52.2 Å². The number of fused-ring (bicyclic) bond motifs is 1. The Balaban J connectivity index is 1.94. The lowest BCUT2D eigenvalue weighted by Gasteiger charge is -2.29. The molecule has 0 fully saturated rings. The number of rotatable bonds is 2. The zero-order chi connectivity index (χ0) is 18.4. The first-order valence-corrected chi connectivity index (χ1v) is 8.82. The predicted molar refractivity (Wildman–Crippen MR) is 100 cm³/mol. The van der Waals surface area contributed by atoms with Gasteiger partial charge >= 0.3 is 0 Å². The summed E-state index contributed by atoms with van der Waals surface area (Å²) in [6, 6.07) is 6.80. The molecule has 1 aromatic heterocycles. The van der Waals surface area contributed by atoms with Crippen LogP contribution in [0.2, 0.25) is 0 Å². The van der Waals surface area contributed by atoms with Crippen LogP contribution < -0.4 is 10.9 Å². The van der Waals surface area contributed by atoms with Crippen molar-refractivity contribution in [2.45, 2.75) is 33.6 Å². The molecule has 130 valence electrons. The average Bonchev–Trinajstić information content (AvgIpc) is 2.49. The highest BCUT2D eigenvalue weighted by molar-refractivity contribution is 9.10. The van der Waals surface area contributed by atoms with Gasteiger partial charge in [0.2, 0.25) is 0 Å². The molecule has 0 unspecified atom stereocenters. The Labute approximate surface area is 154 Å². The van der Waals surface area contributed by atoms with Crippen LogP contribution in [0, 0.1) is 12.3 Å². The van der Waals surface area contributed by atoms with Gasteiger partial charge in [-0.15, -0.1) is 0 Å². The molecule has 6 heteroatoms. The second kappa shape index (κ2) is 6.26. The fraction of sp³-hybridized carbons (Fsp3) is 0.316. The van der Waals surface area contributed by atoms with Gasteiger partial charge in [0.25, 0.3) is 11.5 Å². The monoisotopic (exact) mass is 402 g/mol. The summed E-state index contributed by atoms with van der Waals surface area (Å²) in [7, 11) is 0. The Kier molecular flexibility index (Phi) is 4.41. The van der Waals surface area contributed by atoms with Gasteiger partial charge in [-0.25, -0.2) is 0 Å². The van der Waals surface area contributed by atoms with E-state index < -0.39 is 11.5 Å². The maximum Gasteiger partial charge on any atom is 0.261 e. The van der Waals surface area contributed by atoms with E-state index >= 15 is 0 Å². The number of pyridine rings is 1. The van der Waals surface area contributed by atoms with Gasteiger partial charge in [-0.05, 0) is 48.6 Å². The summed E-state index contributed by atoms with van der Waals surface area (Å²) in [6.45, 7) is 5.89. The number of benzene rings is 1. The molecule has 0 atom stereocenters. The third-order valence-electron chi connectivity index (χ3n) is 4.38. The lowest BCUT2D eigenvalue weighted by atomic mass is 9.75. The van der Waals surface area contributed by atoms with Gasteiger partial charge in [0.15, 0.2) is 5.78 Å². The average molecular weight is 403 g/mol. The Morgan fingerprint density at radius 1 is 1.20 bits per heavy atom. The van der Waals surface area contributed by atoms with Crippen LogP contribution in [0.3, 0.4) is 0 Å².